The van der Waals surface area contributed by atoms with E-state index in [1.165, 1.54) is 44.2 Å². The third kappa shape index (κ3) is 3.50. The van der Waals surface area contributed by atoms with Crippen LogP contribution in [0.4, 0.5) is 0 Å². The molecule has 1 aliphatic rings. The fourth-order valence-corrected chi connectivity index (χ4v) is 7.24. The number of hydrogen-bond donors (Lipinski definition) is 0. The largest absolute Gasteiger partial charge is 0.292 e. The molecule has 6 aromatic carbocycles. The summed E-state index contributed by atoms with van der Waals surface area (Å²) in [5.74, 6) is 0.898. The molecule has 0 amide bonds. The fourth-order valence-electron chi connectivity index (χ4n) is 7.24. The van der Waals surface area contributed by atoms with Gasteiger partial charge in [-0.2, -0.15) is 0 Å². The van der Waals surface area contributed by atoms with Gasteiger partial charge in [-0.25, -0.2) is 4.98 Å². The molecule has 0 fully saturated rings. The van der Waals surface area contributed by atoms with E-state index in [9.17, 15) is 0 Å². The van der Waals surface area contributed by atoms with Gasteiger partial charge in [0.05, 0.1) is 22.1 Å². The Balaban J connectivity index is 1.44. The number of benzene rings is 6. The van der Waals surface area contributed by atoms with Gasteiger partial charge in [0.25, 0.3) is 0 Å². The topological polar surface area (TPSA) is 30.7 Å². The standard InChI is InChI=1S/C41H27N3/c1-3-14-33(15-4-1)41(34-16-5-2-6-17-34)35-18-9-19-37-39(35)44(40(43-37)32-13-10-24-42-27-32)38-23-22-31(26-36(38)41)30-21-20-28-11-7-8-12-29(28)25-30/h1-27H. The molecule has 44 heavy (non-hydrogen) atoms. The van der Waals surface area contributed by atoms with Crippen molar-refractivity contribution in [3.8, 4) is 28.2 Å². The van der Waals surface area contributed by atoms with E-state index in [-0.39, 0.29) is 0 Å². The normalized spacial score (nSPS) is 13.2. The van der Waals surface area contributed by atoms with Crippen LogP contribution < -0.4 is 0 Å². The minimum absolute atomic E-state index is 0.563. The first kappa shape index (κ1) is 24.8. The first-order valence-corrected chi connectivity index (χ1v) is 15.0. The van der Waals surface area contributed by atoms with Gasteiger partial charge in [0.1, 0.15) is 5.82 Å². The summed E-state index contributed by atoms with van der Waals surface area (Å²) in [6.45, 7) is 0. The molecule has 0 bridgehead atoms. The maximum absolute atomic E-state index is 5.24. The van der Waals surface area contributed by atoms with Gasteiger partial charge in [-0.3, -0.25) is 9.55 Å². The Morgan fingerprint density at radius 2 is 1.20 bits per heavy atom. The molecular weight excluding hydrogens is 534 g/mol. The van der Waals surface area contributed by atoms with E-state index in [2.05, 4.69) is 155 Å². The monoisotopic (exact) mass is 561 g/mol. The number of aromatic nitrogens is 3. The van der Waals surface area contributed by atoms with Crippen LogP contribution in [0.2, 0.25) is 0 Å². The Kier molecular flexibility index (Phi) is 5.41. The summed E-state index contributed by atoms with van der Waals surface area (Å²) >= 11 is 0. The van der Waals surface area contributed by atoms with Gasteiger partial charge in [-0.15, -0.1) is 0 Å². The molecule has 3 nitrogen and oxygen atoms in total. The molecule has 0 N–H and O–H groups in total. The summed E-state index contributed by atoms with van der Waals surface area (Å²) in [5.41, 5.74) is 10.9. The summed E-state index contributed by atoms with van der Waals surface area (Å²) in [6, 6.07) is 54.8. The first-order valence-electron chi connectivity index (χ1n) is 15.0. The van der Waals surface area contributed by atoms with Gasteiger partial charge in [-0.05, 0) is 80.6 Å². The molecule has 9 rings (SSSR count). The van der Waals surface area contributed by atoms with E-state index in [1.807, 2.05) is 18.5 Å². The highest BCUT2D eigenvalue weighted by atomic mass is 15.1. The highest BCUT2D eigenvalue weighted by molar-refractivity contribution is 5.94. The molecule has 206 valence electrons. The fraction of sp³-hybridized carbons (Fsp3) is 0.0244. The van der Waals surface area contributed by atoms with Crippen LogP contribution in [0.25, 0.3) is 50.0 Å². The first-order chi connectivity index (χ1) is 21.8. The maximum atomic E-state index is 5.24. The average Bonchev–Trinajstić information content (AvgIpc) is 3.50. The average molecular weight is 562 g/mol. The number of pyridine rings is 1. The SMILES string of the molecule is c1ccc(C2(c3ccccc3)c3cc(-c4ccc5ccccc5c4)ccc3-n3c(-c4cccnc4)nc4cccc2c43)cc1. The van der Waals surface area contributed by atoms with Gasteiger partial charge in [0, 0.05) is 18.0 Å². The van der Waals surface area contributed by atoms with Crippen LogP contribution in [0.3, 0.4) is 0 Å². The zero-order valence-electron chi connectivity index (χ0n) is 23.9. The van der Waals surface area contributed by atoms with Crippen molar-refractivity contribution in [3.05, 3.63) is 186 Å². The third-order valence-electron chi connectivity index (χ3n) is 9.14. The molecule has 1 aliphatic heterocycles. The van der Waals surface area contributed by atoms with E-state index in [4.69, 9.17) is 4.98 Å². The van der Waals surface area contributed by atoms with Gasteiger partial charge >= 0.3 is 0 Å². The van der Waals surface area contributed by atoms with Crippen molar-refractivity contribution in [2.24, 2.45) is 0 Å². The molecule has 0 atom stereocenters. The van der Waals surface area contributed by atoms with E-state index in [1.54, 1.807) is 0 Å². The van der Waals surface area contributed by atoms with Crippen LogP contribution >= 0.6 is 0 Å². The lowest BCUT2D eigenvalue weighted by Crippen LogP contribution is -2.35. The Hall–Kier alpha value is -5.80. The Morgan fingerprint density at radius 1 is 0.500 bits per heavy atom. The molecule has 2 aromatic heterocycles. The maximum Gasteiger partial charge on any atom is 0.147 e. The molecular formula is C41H27N3. The quantitative estimate of drug-likeness (QED) is 0.214. The lowest BCUT2D eigenvalue weighted by atomic mass is 9.63. The Bertz CT molecular complexity index is 2280. The van der Waals surface area contributed by atoms with E-state index >= 15 is 0 Å². The van der Waals surface area contributed by atoms with Gasteiger partial charge in [-0.1, -0.05) is 115 Å². The van der Waals surface area contributed by atoms with Crippen molar-refractivity contribution >= 4 is 21.8 Å². The van der Waals surface area contributed by atoms with Crippen LogP contribution in [0, 0.1) is 0 Å². The molecule has 8 aromatic rings. The highest BCUT2D eigenvalue weighted by Crippen LogP contribution is 2.54. The van der Waals surface area contributed by atoms with Crippen molar-refractivity contribution in [1.82, 2.24) is 14.5 Å². The molecule has 0 saturated carbocycles. The number of imidazole rings is 1. The summed E-state index contributed by atoms with van der Waals surface area (Å²) in [4.78, 5) is 9.70. The lowest BCUT2D eigenvalue weighted by Gasteiger charge is -2.41. The summed E-state index contributed by atoms with van der Waals surface area (Å²) in [6.07, 6.45) is 3.72. The number of fused-ring (bicyclic) bond motifs is 3. The summed E-state index contributed by atoms with van der Waals surface area (Å²) in [5, 5.41) is 2.48. The van der Waals surface area contributed by atoms with Crippen molar-refractivity contribution in [2.45, 2.75) is 5.41 Å². The molecule has 0 spiro atoms. The number of nitrogens with zero attached hydrogens (tertiary/aromatic N) is 3. The van der Waals surface area contributed by atoms with Crippen LogP contribution in [0.15, 0.2) is 164 Å². The third-order valence-corrected chi connectivity index (χ3v) is 9.14. The summed E-state index contributed by atoms with van der Waals surface area (Å²) < 4.78 is 2.35. The van der Waals surface area contributed by atoms with Gasteiger partial charge < -0.3 is 0 Å². The molecule has 0 saturated heterocycles. The van der Waals surface area contributed by atoms with Crippen LogP contribution in [0.1, 0.15) is 22.3 Å². The Morgan fingerprint density at radius 3 is 1.95 bits per heavy atom. The van der Waals surface area contributed by atoms with E-state index in [0.29, 0.717) is 0 Å². The zero-order chi connectivity index (χ0) is 29.1. The van der Waals surface area contributed by atoms with Crippen molar-refractivity contribution in [1.29, 1.82) is 0 Å². The number of hydrogen-bond acceptors (Lipinski definition) is 2. The second-order valence-corrected chi connectivity index (χ2v) is 11.5. The van der Waals surface area contributed by atoms with Crippen LogP contribution in [-0.2, 0) is 5.41 Å². The Labute approximate surface area is 255 Å². The molecule has 0 unspecified atom stereocenters. The zero-order valence-corrected chi connectivity index (χ0v) is 23.9. The smallest absolute Gasteiger partial charge is 0.147 e. The van der Waals surface area contributed by atoms with E-state index < -0.39 is 5.41 Å². The minimum Gasteiger partial charge on any atom is -0.292 e. The van der Waals surface area contributed by atoms with Crippen molar-refractivity contribution < 1.29 is 0 Å². The van der Waals surface area contributed by atoms with Crippen molar-refractivity contribution in [2.75, 3.05) is 0 Å². The van der Waals surface area contributed by atoms with E-state index in [0.717, 1.165) is 28.1 Å². The minimum atomic E-state index is -0.563. The second-order valence-electron chi connectivity index (χ2n) is 11.5. The van der Waals surface area contributed by atoms with Crippen LogP contribution in [-0.4, -0.2) is 14.5 Å². The second kappa shape index (κ2) is 9.62. The molecule has 3 heteroatoms. The molecule has 0 aliphatic carbocycles. The predicted octanol–water partition coefficient (Wildman–Crippen LogP) is 9.60. The summed E-state index contributed by atoms with van der Waals surface area (Å²) in [7, 11) is 0. The van der Waals surface area contributed by atoms with Crippen molar-refractivity contribution in [3.63, 3.8) is 0 Å². The number of para-hydroxylation sites is 1. The number of rotatable bonds is 4. The van der Waals surface area contributed by atoms with Crippen LogP contribution in [0.5, 0.6) is 0 Å². The predicted molar refractivity (Wildman–Crippen MR) is 179 cm³/mol. The molecule has 3 heterocycles. The van der Waals surface area contributed by atoms with Gasteiger partial charge in [0.2, 0.25) is 0 Å². The van der Waals surface area contributed by atoms with Gasteiger partial charge in [0.15, 0.2) is 0 Å². The lowest BCUT2D eigenvalue weighted by molar-refractivity contribution is 0.726. The molecule has 0 radical (unpaired) electrons. The highest BCUT2D eigenvalue weighted by Gasteiger charge is 2.45.